The van der Waals surface area contributed by atoms with Crippen molar-refractivity contribution in [2.45, 2.75) is 91.8 Å². The summed E-state index contributed by atoms with van der Waals surface area (Å²) in [4.78, 5) is 28.3. The van der Waals surface area contributed by atoms with E-state index in [0.717, 1.165) is 16.7 Å². The van der Waals surface area contributed by atoms with Crippen molar-refractivity contribution in [3.8, 4) is 0 Å². The standard InChI is InChI=1S/C28H40N2O2/c1-8-25(27(32)29-28(5,6)7)30(19-24-12-10-9-11-21(24)4)26(31)18-15-22-13-16-23(17-14-22)20(2)3/h9-14,16-17,20,25H,8,15,18-19H2,1-7H3,(H,29,32)/t25-/m0/s1. The molecule has 0 bridgehead atoms. The van der Waals surface area contributed by atoms with Crippen molar-refractivity contribution in [3.63, 3.8) is 0 Å². The van der Waals surface area contributed by atoms with Crippen LogP contribution in [0.15, 0.2) is 48.5 Å². The maximum atomic E-state index is 13.4. The molecule has 0 fully saturated rings. The second kappa shape index (κ2) is 11.3. The highest BCUT2D eigenvalue weighted by molar-refractivity contribution is 5.88. The lowest BCUT2D eigenvalue weighted by molar-refractivity contribution is -0.142. The fraction of sp³-hybridized carbons (Fsp3) is 0.500. The number of hydrogen-bond donors (Lipinski definition) is 1. The van der Waals surface area contributed by atoms with E-state index >= 15 is 0 Å². The summed E-state index contributed by atoms with van der Waals surface area (Å²) in [6.07, 6.45) is 1.62. The molecule has 0 aliphatic heterocycles. The highest BCUT2D eigenvalue weighted by Crippen LogP contribution is 2.19. The molecular formula is C28H40N2O2. The molecule has 1 N–H and O–H groups in total. The van der Waals surface area contributed by atoms with Gasteiger partial charge in [0.2, 0.25) is 11.8 Å². The number of rotatable bonds is 9. The van der Waals surface area contributed by atoms with Crippen LogP contribution in [0.3, 0.4) is 0 Å². The fourth-order valence-corrected chi connectivity index (χ4v) is 3.81. The zero-order chi connectivity index (χ0) is 23.9. The fourth-order valence-electron chi connectivity index (χ4n) is 3.81. The van der Waals surface area contributed by atoms with E-state index in [4.69, 9.17) is 0 Å². The van der Waals surface area contributed by atoms with Crippen LogP contribution in [-0.2, 0) is 22.6 Å². The van der Waals surface area contributed by atoms with Crippen molar-refractivity contribution in [3.05, 3.63) is 70.8 Å². The lowest BCUT2D eigenvalue weighted by Crippen LogP contribution is -2.53. The second-order valence-electron chi connectivity index (χ2n) is 10.0. The van der Waals surface area contributed by atoms with Gasteiger partial charge in [0.15, 0.2) is 0 Å². The normalized spacial score (nSPS) is 12.5. The number of benzene rings is 2. The Labute approximate surface area is 194 Å². The molecule has 0 unspecified atom stereocenters. The van der Waals surface area contributed by atoms with Gasteiger partial charge in [0.1, 0.15) is 6.04 Å². The van der Waals surface area contributed by atoms with Crippen molar-refractivity contribution in [2.24, 2.45) is 0 Å². The van der Waals surface area contributed by atoms with Crippen molar-refractivity contribution in [1.82, 2.24) is 10.2 Å². The van der Waals surface area contributed by atoms with Crippen LogP contribution >= 0.6 is 0 Å². The monoisotopic (exact) mass is 436 g/mol. The van der Waals surface area contributed by atoms with E-state index in [9.17, 15) is 9.59 Å². The first kappa shape index (κ1) is 25.6. The molecule has 0 aliphatic carbocycles. The van der Waals surface area contributed by atoms with Crippen LogP contribution < -0.4 is 5.32 Å². The summed E-state index contributed by atoms with van der Waals surface area (Å²) in [5.41, 5.74) is 4.29. The Morgan fingerprint density at radius 3 is 2.16 bits per heavy atom. The van der Waals surface area contributed by atoms with Gasteiger partial charge in [0.05, 0.1) is 0 Å². The summed E-state index contributed by atoms with van der Waals surface area (Å²) in [7, 11) is 0. The first-order valence-corrected chi connectivity index (χ1v) is 11.8. The number of carbonyl (C=O) groups excluding carboxylic acids is 2. The molecule has 0 saturated heterocycles. The third kappa shape index (κ3) is 7.51. The summed E-state index contributed by atoms with van der Waals surface area (Å²) in [6, 6.07) is 16.1. The molecule has 174 valence electrons. The van der Waals surface area contributed by atoms with Gasteiger partial charge < -0.3 is 10.2 Å². The molecule has 32 heavy (non-hydrogen) atoms. The molecule has 2 aromatic rings. The minimum absolute atomic E-state index is 0.0112. The second-order valence-corrected chi connectivity index (χ2v) is 10.0. The number of hydrogen-bond acceptors (Lipinski definition) is 2. The Kier molecular flexibility index (Phi) is 9.06. The SMILES string of the molecule is CC[C@@H](C(=O)NC(C)(C)C)N(Cc1ccccc1C)C(=O)CCc1ccc(C(C)C)cc1. The first-order chi connectivity index (χ1) is 15.0. The molecule has 0 aliphatic rings. The third-order valence-corrected chi connectivity index (χ3v) is 5.76. The van der Waals surface area contributed by atoms with Gasteiger partial charge >= 0.3 is 0 Å². The summed E-state index contributed by atoms with van der Waals surface area (Å²) in [6.45, 7) is 14.7. The van der Waals surface area contributed by atoms with Crippen LogP contribution in [0.4, 0.5) is 0 Å². The van der Waals surface area contributed by atoms with Gasteiger partial charge in [0.25, 0.3) is 0 Å². The van der Waals surface area contributed by atoms with Crippen LogP contribution in [0.25, 0.3) is 0 Å². The molecule has 2 aromatic carbocycles. The zero-order valence-corrected chi connectivity index (χ0v) is 20.9. The molecule has 4 nitrogen and oxygen atoms in total. The highest BCUT2D eigenvalue weighted by atomic mass is 16.2. The van der Waals surface area contributed by atoms with E-state index in [0.29, 0.717) is 31.7 Å². The van der Waals surface area contributed by atoms with Crippen molar-refractivity contribution >= 4 is 11.8 Å². The minimum atomic E-state index is -0.496. The summed E-state index contributed by atoms with van der Waals surface area (Å²) >= 11 is 0. The maximum absolute atomic E-state index is 13.4. The molecule has 2 amide bonds. The number of carbonyl (C=O) groups is 2. The molecule has 4 heteroatoms. The van der Waals surface area contributed by atoms with Gasteiger partial charge in [0, 0.05) is 18.5 Å². The summed E-state index contributed by atoms with van der Waals surface area (Å²) < 4.78 is 0. The molecule has 1 atom stereocenters. The Hall–Kier alpha value is -2.62. The van der Waals surface area contributed by atoms with Gasteiger partial charge in [-0.05, 0) is 68.7 Å². The van der Waals surface area contributed by atoms with Gasteiger partial charge in [-0.3, -0.25) is 9.59 Å². The average Bonchev–Trinajstić information content (AvgIpc) is 2.72. The maximum Gasteiger partial charge on any atom is 0.243 e. The zero-order valence-electron chi connectivity index (χ0n) is 20.9. The number of nitrogens with zero attached hydrogens (tertiary/aromatic N) is 1. The lowest BCUT2D eigenvalue weighted by atomic mass is 9.99. The van der Waals surface area contributed by atoms with E-state index in [2.05, 4.69) is 43.4 Å². The largest absolute Gasteiger partial charge is 0.350 e. The van der Waals surface area contributed by atoms with E-state index in [1.807, 2.05) is 58.9 Å². The predicted octanol–water partition coefficient (Wildman–Crippen LogP) is 5.77. The molecule has 2 rings (SSSR count). The smallest absolute Gasteiger partial charge is 0.243 e. The molecule has 0 saturated carbocycles. The van der Waals surface area contributed by atoms with E-state index in [1.54, 1.807) is 4.90 Å². The van der Waals surface area contributed by atoms with E-state index < -0.39 is 6.04 Å². The Morgan fingerprint density at radius 2 is 1.62 bits per heavy atom. The van der Waals surface area contributed by atoms with Crippen LogP contribution in [0, 0.1) is 6.92 Å². The molecule has 0 radical (unpaired) electrons. The van der Waals surface area contributed by atoms with Gasteiger partial charge in [-0.25, -0.2) is 0 Å². The molecule has 0 aromatic heterocycles. The number of amides is 2. The minimum Gasteiger partial charge on any atom is -0.350 e. The van der Waals surface area contributed by atoms with Gasteiger partial charge in [-0.15, -0.1) is 0 Å². The van der Waals surface area contributed by atoms with Crippen molar-refractivity contribution < 1.29 is 9.59 Å². The first-order valence-electron chi connectivity index (χ1n) is 11.8. The molecular weight excluding hydrogens is 396 g/mol. The number of aryl methyl sites for hydroxylation is 2. The van der Waals surface area contributed by atoms with Crippen LogP contribution in [0.1, 0.15) is 82.6 Å². The molecule has 0 heterocycles. The van der Waals surface area contributed by atoms with Crippen LogP contribution in [-0.4, -0.2) is 28.3 Å². The van der Waals surface area contributed by atoms with E-state index in [-0.39, 0.29) is 17.4 Å². The van der Waals surface area contributed by atoms with Gasteiger partial charge in [-0.2, -0.15) is 0 Å². The van der Waals surface area contributed by atoms with Crippen molar-refractivity contribution in [1.29, 1.82) is 0 Å². The molecule has 0 spiro atoms. The lowest BCUT2D eigenvalue weighted by Gasteiger charge is -2.33. The van der Waals surface area contributed by atoms with Gasteiger partial charge in [-0.1, -0.05) is 69.3 Å². The third-order valence-electron chi connectivity index (χ3n) is 5.76. The van der Waals surface area contributed by atoms with Crippen LogP contribution in [0.2, 0.25) is 0 Å². The Morgan fingerprint density at radius 1 is 1.00 bits per heavy atom. The van der Waals surface area contributed by atoms with Crippen molar-refractivity contribution in [2.75, 3.05) is 0 Å². The predicted molar refractivity (Wildman–Crippen MR) is 133 cm³/mol. The summed E-state index contributed by atoms with van der Waals surface area (Å²) in [5.74, 6) is 0.405. The quantitative estimate of drug-likeness (QED) is 0.542. The van der Waals surface area contributed by atoms with Crippen LogP contribution in [0.5, 0.6) is 0 Å². The Balaban J connectivity index is 2.22. The number of nitrogens with one attached hydrogen (secondary N) is 1. The highest BCUT2D eigenvalue weighted by Gasteiger charge is 2.30. The summed E-state index contributed by atoms with van der Waals surface area (Å²) in [5, 5.41) is 3.06. The average molecular weight is 437 g/mol. The topological polar surface area (TPSA) is 49.4 Å². The Bertz CT molecular complexity index is 894. The van der Waals surface area contributed by atoms with E-state index in [1.165, 1.54) is 5.56 Å².